The number of anilines is 1. The van der Waals surface area contributed by atoms with Crippen molar-refractivity contribution in [3.63, 3.8) is 0 Å². The summed E-state index contributed by atoms with van der Waals surface area (Å²) in [7, 11) is 0. The van der Waals surface area contributed by atoms with E-state index in [0.29, 0.717) is 10.8 Å². The highest BCUT2D eigenvalue weighted by molar-refractivity contribution is 7.99. The van der Waals surface area contributed by atoms with Gasteiger partial charge < -0.3 is 10.1 Å². The summed E-state index contributed by atoms with van der Waals surface area (Å²) >= 11 is 7.94. The standard InChI is InChI=1S/C15H19ClN4OS/c16-12-1-2-14(19-13(12)9-17)18-10-15(3-8-22-11-15)20-4-6-21-7-5-20/h1-2H,3-8,10-11H2,(H,18,19). The van der Waals surface area contributed by atoms with Crippen molar-refractivity contribution >= 4 is 29.2 Å². The molecular weight excluding hydrogens is 320 g/mol. The van der Waals surface area contributed by atoms with Gasteiger partial charge in [-0.15, -0.1) is 0 Å². The molecule has 0 aliphatic carbocycles. The van der Waals surface area contributed by atoms with Crippen molar-refractivity contribution in [2.45, 2.75) is 12.0 Å². The van der Waals surface area contributed by atoms with Crippen molar-refractivity contribution in [2.24, 2.45) is 0 Å². The Kier molecular flexibility index (Phi) is 5.09. The number of halogens is 1. The summed E-state index contributed by atoms with van der Waals surface area (Å²) in [6, 6.07) is 5.58. The molecule has 3 rings (SSSR count). The minimum absolute atomic E-state index is 0.155. The van der Waals surface area contributed by atoms with Crippen molar-refractivity contribution in [1.29, 1.82) is 5.26 Å². The maximum atomic E-state index is 9.03. The van der Waals surface area contributed by atoms with E-state index in [1.807, 2.05) is 23.9 Å². The highest BCUT2D eigenvalue weighted by Gasteiger charge is 2.40. The van der Waals surface area contributed by atoms with E-state index in [-0.39, 0.29) is 11.2 Å². The highest BCUT2D eigenvalue weighted by Crippen LogP contribution is 2.34. The van der Waals surface area contributed by atoms with E-state index in [1.54, 1.807) is 6.07 Å². The van der Waals surface area contributed by atoms with Crippen LogP contribution in [0.1, 0.15) is 12.1 Å². The molecule has 0 bridgehead atoms. The van der Waals surface area contributed by atoms with E-state index in [0.717, 1.165) is 38.6 Å². The molecule has 2 fully saturated rings. The van der Waals surface area contributed by atoms with Gasteiger partial charge in [-0.3, -0.25) is 4.90 Å². The Bertz CT molecular complexity index is 565. The molecule has 0 amide bonds. The Morgan fingerprint density at radius 1 is 1.45 bits per heavy atom. The molecule has 1 aromatic heterocycles. The van der Waals surface area contributed by atoms with Crippen LogP contribution in [-0.2, 0) is 4.74 Å². The van der Waals surface area contributed by atoms with Crippen molar-refractivity contribution in [2.75, 3.05) is 49.7 Å². The molecular formula is C15H19ClN4OS. The Morgan fingerprint density at radius 3 is 2.95 bits per heavy atom. The van der Waals surface area contributed by atoms with Crippen LogP contribution < -0.4 is 5.32 Å². The minimum Gasteiger partial charge on any atom is -0.379 e. The zero-order valence-corrected chi connectivity index (χ0v) is 13.9. The number of pyridine rings is 1. The van der Waals surface area contributed by atoms with E-state index in [1.165, 1.54) is 12.2 Å². The molecule has 118 valence electrons. The summed E-state index contributed by atoms with van der Waals surface area (Å²) in [6.45, 7) is 4.42. The lowest BCUT2D eigenvalue weighted by molar-refractivity contribution is -0.00922. The number of hydrogen-bond donors (Lipinski definition) is 1. The second kappa shape index (κ2) is 7.05. The molecule has 1 atom stereocenters. The lowest BCUT2D eigenvalue weighted by atomic mass is 9.95. The Hall–Kier alpha value is -1.00. The molecule has 3 heterocycles. The first-order valence-corrected chi connectivity index (χ1v) is 8.98. The first-order chi connectivity index (χ1) is 10.7. The van der Waals surface area contributed by atoms with Crippen LogP contribution in [0.15, 0.2) is 12.1 Å². The molecule has 0 spiro atoms. The van der Waals surface area contributed by atoms with Gasteiger partial charge >= 0.3 is 0 Å². The third kappa shape index (κ3) is 3.33. The molecule has 0 saturated carbocycles. The van der Waals surface area contributed by atoms with Crippen molar-refractivity contribution < 1.29 is 4.74 Å². The van der Waals surface area contributed by atoms with Gasteiger partial charge in [-0.25, -0.2) is 4.98 Å². The summed E-state index contributed by atoms with van der Waals surface area (Å²) in [5.74, 6) is 3.03. The summed E-state index contributed by atoms with van der Waals surface area (Å²) in [5.41, 5.74) is 0.427. The van der Waals surface area contributed by atoms with E-state index in [9.17, 15) is 0 Å². The second-order valence-corrected chi connectivity index (χ2v) is 7.13. The zero-order chi connectivity index (χ0) is 15.4. The Labute approximate surface area is 140 Å². The van der Waals surface area contributed by atoms with Gasteiger partial charge in [0, 0.05) is 30.9 Å². The zero-order valence-electron chi connectivity index (χ0n) is 12.3. The number of rotatable bonds is 4. The van der Waals surface area contributed by atoms with Gasteiger partial charge in [0.25, 0.3) is 0 Å². The summed E-state index contributed by atoms with van der Waals surface area (Å²) in [4.78, 5) is 6.82. The number of nitrogens with one attached hydrogen (secondary N) is 1. The van der Waals surface area contributed by atoms with Gasteiger partial charge in [0.2, 0.25) is 0 Å². The number of nitriles is 1. The molecule has 2 aliphatic heterocycles. The van der Waals surface area contributed by atoms with Gasteiger partial charge in [0.15, 0.2) is 5.69 Å². The van der Waals surface area contributed by atoms with Crippen LogP contribution in [0.25, 0.3) is 0 Å². The predicted molar refractivity (Wildman–Crippen MR) is 89.5 cm³/mol. The maximum absolute atomic E-state index is 9.03. The SMILES string of the molecule is N#Cc1nc(NCC2(N3CCOCC3)CCSC2)ccc1Cl. The Morgan fingerprint density at radius 2 is 2.27 bits per heavy atom. The molecule has 2 saturated heterocycles. The number of ether oxygens (including phenoxy) is 1. The average Bonchev–Trinajstić information content (AvgIpc) is 3.05. The second-order valence-electron chi connectivity index (χ2n) is 5.62. The largest absolute Gasteiger partial charge is 0.379 e. The average molecular weight is 339 g/mol. The first kappa shape index (κ1) is 15.9. The molecule has 7 heteroatoms. The number of thioether (sulfide) groups is 1. The lowest BCUT2D eigenvalue weighted by Gasteiger charge is -2.43. The van der Waals surface area contributed by atoms with Gasteiger partial charge in [-0.2, -0.15) is 17.0 Å². The smallest absolute Gasteiger partial charge is 0.161 e. The Balaban J connectivity index is 1.71. The van der Waals surface area contributed by atoms with Crippen LogP contribution in [0.2, 0.25) is 5.02 Å². The molecule has 1 aromatic rings. The number of aromatic nitrogens is 1. The minimum atomic E-state index is 0.155. The molecule has 22 heavy (non-hydrogen) atoms. The predicted octanol–water partition coefficient (Wildman–Crippen LogP) is 2.23. The number of morpholine rings is 1. The third-order valence-corrected chi connectivity index (χ3v) is 5.85. The fraction of sp³-hybridized carbons (Fsp3) is 0.600. The summed E-state index contributed by atoms with van der Waals surface area (Å²) in [5, 5.41) is 12.8. The monoisotopic (exact) mass is 338 g/mol. The topological polar surface area (TPSA) is 61.2 Å². The van der Waals surface area contributed by atoms with Gasteiger partial charge in [0.05, 0.1) is 18.2 Å². The third-order valence-electron chi connectivity index (χ3n) is 4.31. The first-order valence-electron chi connectivity index (χ1n) is 7.45. The maximum Gasteiger partial charge on any atom is 0.161 e. The summed E-state index contributed by atoms with van der Waals surface area (Å²) < 4.78 is 5.48. The van der Waals surface area contributed by atoms with Crippen LogP contribution >= 0.6 is 23.4 Å². The number of hydrogen-bond acceptors (Lipinski definition) is 6. The molecule has 5 nitrogen and oxygen atoms in total. The van der Waals surface area contributed by atoms with Crippen LogP contribution in [0.4, 0.5) is 5.82 Å². The normalized spacial score (nSPS) is 25.8. The fourth-order valence-corrected chi connectivity index (χ4v) is 4.63. The van der Waals surface area contributed by atoms with Crippen LogP contribution in [0.5, 0.6) is 0 Å². The van der Waals surface area contributed by atoms with Crippen molar-refractivity contribution in [3.8, 4) is 6.07 Å². The molecule has 1 N–H and O–H groups in total. The van der Waals surface area contributed by atoms with E-state index >= 15 is 0 Å². The van der Waals surface area contributed by atoms with Gasteiger partial charge in [-0.05, 0) is 24.3 Å². The number of nitrogens with zero attached hydrogens (tertiary/aromatic N) is 3. The molecule has 1 unspecified atom stereocenters. The fourth-order valence-electron chi connectivity index (χ4n) is 3.01. The van der Waals surface area contributed by atoms with Gasteiger partial charge in [0.1, 0.15) is 11.9 Å². The van der Waals surface area contributed by atoms with Crippen molar-refractivity contribution in [3.05, 3.63) is 22.8 Å². The summed E-state index contributed by atoms with van der Waals surface area (Å²) in [6.07, 6.45) is 1.17. The highest BCUT2D eigenvalue weighted by atomic mass is 35.5. The van der Waals surface area contributed by atoms with Crippen LogP contribution in [0, 0.1) is 11.3 Å². The van der Waals surface area contributed by atoms with Crippen LogP contribution in [0.3, 0.4) is 0 Å². The van der Waals surface area contributed by atoms with E-state index in [4.69, 9.17) is 21.6 Å². The molecule has 2 aliphatic rings. The quantitative estimate of drug-likeness (QED) is 0.908. The lowest BCUT2D eigenvalue weighted by Crippen LogP contribution is -2.57. The van der Waals surface area contributed by atoms with E-state index in [2.05, 4.69) is 15.2 Å². The molecule has 0 radical (unpaired) electrons. The van der Waals surface area contributed by atoms with Crippen LogP contribution in [-0.4, -0.2) is 59.8 Å². The van der Waals surface area contributed by atoms with E-state index < -0.39 is 0 Å². The molecule has 0 aromatic carbocycles. The van der Waals surface area contributed by atoms with Crippen molar-refractivity contribution in [1.82, 2.24) is 9.88 Å². The van der Waals surface area contributed by atoms with Gasteiger partial charge in [-0.1, -0.05) is 11.6 Å².